The Hall–Kier alpha value is -2.04. The minimum absolute atomic E-state index is 0.363. The third kappa shape index (κ3) is 4.86. The Bertz CT molecular complexity index is 392. The highest BCUT2D eigenvalue weighted by Crippen LogP contribution is 1.98. The number of carbonyl (C=O) groups is 2. The molecule has 2 amide bonds. The minimum Gasteiger partial charge on any atom is -0.480 e. The summed E-state index contributed by atoms with van der Waals surface area (Å²) >= 11 is 0. The number of nitrogens with one attached hydrogen (secondary N) is 2. The SMILES string of the molecule is CC[C@H](NC(=O)NCCc1ccccc1)C(=O)O. The highest BCUT2D eigenvalue weighted by atomic mass is 16.4. The van der Waals surface area contributed by atoms with Crippen molar-refractivity contribution in [3.05, 3.63) is 35.9 Å². The Morgan fingerprint density at radius 2 is 1.94 bits per heavy atom. The Kier molecular flexibility index (Phi) is 5.70. The number of hydrogen-bond acceptors (Lipinski definition) is 2. The molecule has 1 atom stereocenters. The summed E-state index contributed by atoms with van der Waals surface area (Å²) in [6, 6.07) is 8.49. The number of benzene rings is 1. The molecule has 5 nitrogen and oxygen atoms in total. The van der Waals surface area contributed by atoms with Crippen LogP contribution in [-0.2, 0) is 11.2 Å². The van der Waals surface area contributed by atoms with Crippen molar-refractivity contribution < 1.29 is 14.7 Å². The molecule has 0 bridgehead atoms. The topological polar surface area (TPSA) is 78.4 Å². The third-order valence-electron chi connectivity index (χ3n) is 2.55. The van der Waals surface area contributed by atoms with Crippen LogP contribution >= 0.6 is 0 Å². The molecule has 0 aliphatic heterocycles. The van der Waals surface area contributed by atoms with Gasteiger partial charge in [-0.3, -0.25) is 0 Å². The van der Waals surface area contributed by atoms with E-state index in [1.165, 1.54) is 0 Å². The van der Waals surface area contributed by atoms with E-state index in [1.807, 2.05) is 30.3 Å². The lowest BCUT2D eigenvalue weighted by Crippen LogP contribution is -2.46. The smallest absolute Gasteiger partial charge is 0.326 e. The molecule has 3 N–H and O–H groups in total. The summed E-state index contributed by atoms with van der Waals surface area (Å²) < 4.78 is 0. The van der Waals surface area contributed by atoms with Crippen molar-refractivity contribution in [2.45, 2.75) is 25.8 Å². The van der Waals surface area contributed by atoms with Crippen molar-refractivity contribution in [3.8, 4) is 0 Å². The van der Waals surface area contributed by atoms with E-state index < -0.39 is 18.0 Å². The van der Waals surface area contributed by atoms with Gasteiger partial charge in [-0.05, 0) is 18.4 Å². The van der Waals surface area contributed by atoms with Gasteiger partial charge in [0.15, 0.2) is 0 Å². The molecule has 5 heteroatoms. The van der Waals surface area contributed by atoms with Crippen LogP contribution in [0.5, 0.6) is 0 Å². The fourth-order valence-electron chi connectivity index (χ4n) is 1.51. The maximum absolute atomic E-state index is 11.4. The minimum atomic E-state index is -1.02. The first kappa shape index (κ1) is 14.0. The zero-order chi connectivity index (χ0) is 13.4. The van der Waals surface area contributed by atoms with Crippen LogP contribution in [0.25, 0.3) is 0 Å². The van der Waals surface area contributed by atoms with E-state index in [0.29, 0.717) is 13.0 Å². The summed E-state index contributed by atoms with van der Waals surface area (Å²) in [5.74, 6) is -1.02. The molecule has 1 aromatic carbocycles. The summed E-state index contributed by atoms with van der Waals surface area (Å²) in [6.07, 6.45) is 1.08. The van der Waals surface area contributed by atoms with Gasteiger partial charge in [0.1, 0.15) is 6.04 Å². The van der Waals surface area contributed by atoms with Gasteiger partial charge in [0, 0.05) is 6.54 Å². The molecule has 0 aromatic heterocycles. The first-order valence-electron chi connectivity index (χ1n) is 5.94. The monoisotopic (exact) mass is 250 g/mol. The Labute approximate surface area is 106 Å². The van der Waals surface area contributed by atoms with Gasteiger partial charge in [-0.2, -0.15) is 0 Å². The predicted octanol–water partition coefficient (Wildman–Crippen LogP) is 1.39. The van der Waals surface area contributed by atoms with E-state index >= 15 is 0 Å². The summed E-state index contributed by atoms with van der Waals surface area (Å²) in [5.41, 5.74) is 1.13. The number of hydrogen-bond donors (Lipinski definition) is 3. The van der Waals surface area contributed by atoms with Crippen LogP contribution in [0.15, 0.2) is 30.3 Å². The van der Waals surface area contributed by atoms with Crippen LogP contribution in [0.2, 0.25) is 0 Å². The van der Waals surface area contributed by atoms with E-state index in [-0.39, 0.29) is 0 Å². The lowest BCUT2D eigenvalue weighted by atomic mass is 10.1. The van der Waals surface area contributed by atoms with Crippen molar-refractivity contribution in [3.63, 3.8) is 0 Å². The van der Waals surface area contributed by atoms with Crippen molar-refractivity contribution in [1.82, 2.24) is 10.6 Å². The molecule has 0 aliphatic carbocycles. The highest BCUT2D eigenvalue weighted by Gasteiger charge is 2.16. The van der Waals surface area contributed by atoms with Crippen molar-refractivity contribution in [2.24, 2.45) is 0 Å². The number of rotatable bonds is 6. The quantitative estimate of drug-likeness (QED) is 0.714. The Morgan fingerprint density at radius 1 is 1.28 bits per heavy atom. The molecular weight excluding hydrogens is 232 g/mol. The Morgan fingerprint density at radius 3 is 2.50 bits per heavy atom. The molecule has 0 saturated carbocycles. The molecule has 18 heavy (non-hydrogen) atoms. The second kappa shape index (κ2) is 7.32. The van der Waals surface area contributed by atoms with Gasteiger partial charge in [0.2, 0.25) is 0 Å². The fourth-order valence-corrected chi connectivity index (χ4v) is 1.51. The van der Waals surface area contributed by atoms with E-state index in [1.54, 1.807) is 6.92 Å². The van der Waals surface area contributed by atoms with Crippen molar-refractivity contribution in [1.29, 1.82) is 0 Å². The first-order chi connectivity index (χ1) is 8.63. The molecule has 0 spiro atoms. The molecule has 0 aliphatic rings. The van der Waals surface area contributed by atoms with Crippen molar-refractivity contribution >= 4 is 12.0 Å². The summed E-state index contributed by atoms with van der Waals surface area (Å²) in [6.45, 7) is 2.19. The molecule has 98 valence electrons. The van der Waals surface area contributed by atoms with Gasteiger partial charge in [-0.25, -0.2) is 9.59 Å². The van der Waals surface area contributed by atoms with Crippen LogP contribution in [0.4, 0.5) is 4.79 Å². The number of aliphatic carboxylic acids is 1. The molecule has 1 aromatic rings. The van der Waals surface area contributed by atoms with Gasteiger partial charge in [0.25, 0.3) is 0 Å². The number of carboxylic acids is 1. The molecule has 0 unspecified atom stereocenters. The van der Waals surface area contributed by atoms with Gasteiger partial charge >= 0.3 is 12.0 Å². The van der Waals surface area contributed by atoms with Crippen LogP contribution < -0.4 is 10.6 Å². The summed E-state index contributed by atoms with van der Waals surface area (Å²) in [5, 5.41) is 13.8. The van der Waals surface area contributed by atoms with Crippen LogP contribution in [0.1, 0.15) is 18.9 Å². The lowest BCUT2D eigenvalue weighted by Gasteiger charge is -2.13. The molecule has 0 saturated heterocycles. The van der Waals surface area contributed by atoms with E-state index in [4.69, 9.17) is 5.11 Å². The number of amides is 2. The van der Waals surface area contributed by atoms with E-state index in [0.717, 1.165) is 12.0 Å². The average Bonchev–Trinajstić information content (AvgIpc) is 2.37. The molecular formula is C13H18N2O3. The van der Waals surface area contributed by atoms with E-state index in [9.17, 15) is 9.59 Å². The molecule has 1 rings (SSSR count). The molecule has 0 heterocycles. The second-order valence-corrected chi connectivity index (χ2v) is 3.93. The summed E-state index contributed by atoms with van der Waals surface area (Å²) in [4.78, 5) is 22.1. The van der Waals surface area contributed by atoms with Gasteiger partial charge < -0.3 is 15.7 Å². The standard InChI is InChI=1S/C13H18N2O3/c1-2-11(12(16)17)15-13(18)14-9-8-10-6-4-3-5-7-10/h3-7,11H,2,8-9H2,1H3,(H,16,17)(H2,14,15,18)/t11-/m0/s1. The predicted molar refractivity (Wildman–Crippen MR) is 68.4 cm³/mol. The van der Waals surface area contributed by atoms with Gasteiger partial charge in [-0.1, -0.05) is 37.3 Å². The van der Waals surface area contributed by atoms with Crippen molar-refractivity contribution in [2.75, 3.05) is 6.54 Å². The van der Waals surface area contributed by atoms with Crippen LogP contribution in [-0.4, -0.2) is 29.7 Å². The number of urea groups is 1. The maximum Gasteiger partial charge on any atom is 0.326 e. The number of carboxylic acid groups (broad SMARTS) is 1. The highest BCUT2D eigenvalue weighted by molar-refractivity contribution is 5.82. The zero-order valence-corrected chi connectivity index (χ0v) is 10.3. The average molecular weight is 250 g/mol. The fraction of sp³-hybridized carbons (Fsp3) is 0.385. The molecule has 0 radical (unpaired) electrons. The second-order valence-electron chi connectivity index (χ2n) is 3.93. The summed E-state index contributed by atoms with van der Waals surface area (Å²) in [7, 11) is 0. The van der Waals surface area contributed by atoms with Crippen LogP contribution in [0.3, 0.4) is 0 Å². The zero-order valence-electron chi connectivity index (χ0n) is 10.3. The number of carbonyl (C=O) groups excluding carboxylic acids is 1. The maximum atomic E-state index is 11.4. The van der Waals surface area contributed by atoms with Crippen LogP contribution in [0, 0.1) is 0 Å². The van der Waals surface area contributed by atoms with E-state index in [2.05, 4.69) is 10.6 Å². The molecule has 0 fully saturated rings. The largest absolute Gasteiger partial charge is 0.480 e. The Balaban J connectivity index is 2.27. The van der Waals surface area contributed by atoms with Gasteiger partial charge in [-0.15, -0.1) is 0 Å². The first-order valence-corrected chi connectivity index (χ1v) is 5.94. The normalized spacial score (nSPS) is 11.6. The lowest BCUT2D eigenvalue weighted by molar-refractivity contribution is -0.139. The third-order valence-corrected chi connectivity index (χ3v) is 2.55. The van der Waals surface area contributed by atoms with Gasteiger partial charge in [0.05, 0.1) is 0 Å².